The van der Waals surface area contributed by atoms with E-state index in [1.807, 2.05) is 39.0 Å². The molecule has 0 aliphatic carbocycles. The summed E-state index contributed by atoms with van der Waals surface area (Å²) < 4.78 is 25.4. The summed E-state index contributed by atoms with van der Waals surface area (Å²) in [6, 6.07) is 12.1. The van der Waals surface area contributed by atoms with Crippen molar-refractivity contribution in [3.8, 4) is 0 Å². The van der Waals surface area contributed by atoms with Gasteiger partial charge in [0.1, 0.15) is 0 Å². The second-order valence-electron chi connectivity index (χ2n) is 6.15. The molecule has 0 fully saturated rings. The zero-order valence-electron chi connectivity index (χ0n) is 15.3. The van der Waals surface area contributed by atoms with Gasteiger partial charge in [-0.2, -0.15) is 0 Å². The Morgan fingerprint density at radius 1 is 1.00 bits per heavy atom. The van der Waals surface area contributed by atoms with Crippen LogP contribution in [0.2, 0.25) is 0 Å². The van der Waals surface area contributed by atoms with Crippen molar-refractivity contribution >= 4 is 21.6 Å². The topological polar surface area (TPSA) is 57.7 Å². The van der Waals surface area contributed by atoms with E-state index in [1.165, 1.54) is 26.2 Å². The van der Waals surface area contributed by atoms with Gasteiger partial charge >= 0.3 is 0 Å². The van der Waals surface area contributed by atoms with Gasteiger partial charge in [0.25, 0.3) is 5.91 Å². The van der Waals surface area contributed by atoms with Gasteiger partial charge in [-0.15, -0.1) is 0 Å². The largest absolute Gasteiger partial charge is 0.308 e. The van der Waals surface area contributed by atoms with E-state index in [1.54, 1.807) is 17.0 Å². The number of amides is 1. The normalized spacial score (nSPS) is 11.6. The predicted molar refractivity (Wildman–Crippen MR) is 101 cm³/mol. The zero-order valence-corrected chi connectivity index (χ0v) is 16.1. The maximum absolute atomic E-state index is 12.9. The maximum Gasteiger partial charge on any atom is 0.258 e. The molecular formula is C19H24N2O3S. The van der Waals surface area contributed by atoms with Crippen LogP contribution in [0.25, 0.3) is 0 Å². The summed E-state index contributed by atoms with van der Waals surface area (Å²) in [6.45, 7) is 6.41. The minimum atomic E-state index is -3.50. The Morgan fingerprint density at radius 2 is 1.60 bits per heavy atom. The molecule has 0 unspecified atom stereocenters. The molecule has 25 heavy (non-hydrogen) atoms. The maximum atomic E-state index is 12.9. The van der Waals surface area contributed by atoms with Crippen LogP contribution < -0.4 is 4.90 Å². The number of sulfonamides is 1. The molecule has 134 valence electrons. The van der Waals surface area contributed by atoms with Gasteiger partial charge in [-0.3, -0.25) is 4.79 Å². The van der Waals surface area contributed by atoms with Crippen LogP contribution >= 0.6 is 0 Å². The van der Waals surface area contributed by atoms with Crippen LogP contribution in [0, 0.1) is 13.8 Å². The highest BCUT2D eigenvalue weighted by Crippen LogP contribution is 2.24. The fraction of sp³-hybridized carbons (Fsp3) is 0.316. The molecule has 0 heterocycles. The first-order valence-electron chi connectivity index (χ1n) is 8.10. The first-order chi connectivity index (χ1) is 11.7. The lowest BCUT2D eigenvalue weighted by molar-refractivity contribution is 0.0988. The molecule has 0 N–H and O–H groups in total. The van der Waals surface area contributed by atoms with Crippen molar-refractivity contribution in [3.63, 3.8) is 0 Å². The molecule has 2 rings (SSSR count). The fourth-order valence-electron chi connectivity index (χ4n) is 2.57. The lowest BCUT2D eigenvalue weighted by Crippen LogP contribution is -2.31. The lowest BCUT2D eigenvalue weighted by atomic mass is 10.1. The van der Waals surface area contributed by atoms with Crippen LogP contribution in [0.3, 0.4) is 0 Å². The molecule has 0 saturated heterocycles. The van der Waals surface area contributed by atoms with Gasteiger partial charge in [0, 0.05) is 31.9 Å². The molecule has 0 aliphatic heterocycles. The quantitative estimate of drug-likeness (QED) is 0.823. The molecule has 2 aromatic rings. The van der Waals surface area contributed by atoms with Gasteiger partial charge in [-0.1, -0.05) is 12.1 Å². The third kappa shape index (κ3) is 3.91. The van der Waals surface area contributed by atoms with Gasteiger partial charge in [-0.25, -0.2) is 12.7 Å². The molecule has 0 bridgehead atoms. The highest BCUT2D eigenvalue weighted by atomic mass is 32.2. The average Bonchev–Trinajstić information content (AvgIpc) is 2.58. The van der Waals surface area contributed by atoms with Gasteiger partial charge in [0.15, 0.2) is 0 Å². The predicted octanol–water partition coefficient (Wildman–Crippen LogP) is 3.22. The second-order valence-corrected chi connectivity index (χ2v) is 8.30. The number of aryl methyl sites for hydroxylation is 2. The van der Waals surface area contributed by atoms with E-state index in [-0.39, 0.29) is 10.8 Å². The van der Waals surface area contributed by atoms with Crippen LogP contribution in [-0.2, 0) is 10.0 Å². The molecule has 2 aromatic carbocycles. The Kier molecular flexibility index (Phi) is 5.65. The van der Waals surface area contributed by atoms with Gasteiger partial charge < -0.3 is 4.90 Å². The van der Waals surface area contributed by atoms with Crippen LogP contribution in [0.4, 0.5) is 5.69 Å². The molecule has 0 atom stereocenters. The zero-order chi connectivity index (χ0) is 18.8. The van der Waals surface area contributed by atoms with Crippen LogP contribution in [0.15, 0.2) is 47.4 Å². The average molecular weight is 360 g/mol. The van der Waals surface area contributed by atoms with Crippen molar-refractivity contribution in [1.29, 1.82) is 0 Å². The number of carbonyl (C=O) groups excluding carboxylic acids is 1. The summed E-state index contributed by atoms with van der Waals surface area (Å²) >= 11 is 0. The van der Waals surface area contributed by atoms with E-state index < -0.39 is 10.0 Å². The highest BCUT2D eigenvalue weighted by molar-refractivity contribution is 7.89. The molecule has 1 amide bonds. The van der Waals surface area contributed by atoms with E-state index in [9.17, 15) is 13.2 Å². The summed E-state index contributed by atoms with van der Waals surface area (Å²) in [5.41, 5.74) is 3.44. The number of benzene rings is 2. The lowest BCUT2D eigenvalue weighted by Gasteiger charge is -2.23. The molecule has 0 radical (unpaired) electrons. The standard InChI is InChI=1S/C19H24N2O3S/c1-6-21(18-13-14(2)7-8-15(18)3)19(22)16-9-11-17(12-10-16)25(23,24)20(4)5/h7-13H,6H2,1-5H3. The second kappa shape index (κ2) is 7.37. The van der Waals surface area contributed by atoms with Crippen molar-refractivity contribution in [2.45, 2.75) is 25.7 Å². The first-order valence-corrected chi connectivity index (χ1v) is 9.54. The number of anilines is 1. The van der Waals surface area contributed by atoms with E-state index in [4.69, 9.17) is 0 Å². The Balaban J connectivity index is 2.37. The monoisotopic (exact) mass is 360 g/mol. The first kappa shape index (κ1) is 19.1. The minimum Gasteiger partial charge on any atom is -0.308 e. The fourth-order valence-corrected chi connectivity index (χ4v) is 3.47. The Hall–Kier alpha value is -2.18. The number of rotatable bonds is 5. The molecular weight excluding hydrogens is 336 g/mol. The summed E-state index contributed by atoms with van der Waals surface area (Å²) in [5, 5.41) is 0. The Labute approximate surface area is 149 Å². The SMILES string of the molecule is CCN(C(=O)c1ccc(S(=O)(=O)N(C)C)cc1)c1cc(C)ccc1C. The summed E-state index contributed by atoms with van der Waals surface area (Å²) in [7, 11) is -0.541. The highest BCUT2D eigenvalue weighted by Gasteiger charge is 2.20. The smallest absolute Gasteiger partial charge is 0.258 e. The molecule has 0 aromatic heterocycles. The molecule has 6 heteroatoms. The molecule has 0 saturated carbocycles. The number of hydrogen-bond acceptors (Lipinski definition) is 3. The summed E-state index contributed by atoms with van der Waals surface area (Å²) in [4.78, 5) is 14.8. The van der Waals surface area contributed by atoms with Gasteiger partial charge in [-0.05, 0) is 62.2 Å². The van der Waals surface area contributed by atoms with E-state index in [2.05, 4.69) is 0 Å². The Bertz CT molecular complexity index is 872. The van der Waals surface area contributed by atoms with Crippen molar-refractivity contribution in [2.24, 2.45) is 0 Å². The van der Waals surface area contributed by atoms with Crippen molar-refractivity contribution in [1.82, 2.24) is 4.31 Å². The van der Waals surface area contributed by atoms with Crippen LogP contribution in [0.1, 0.15) is 28.4 Å². The van der Waals surface area contributed by atoms with Crippen molar-refractivity contribution in [2.75, 3.05) is 25.5 Å². The minimum absolute atomic E-state index is 0.148. The van der Waals surface area contributed by atoms with E-state index in [0.29, 0.717) is 12.1 Å². The van der Waals surface area contributed by atoms with E-state index >= 15 is 0 Å². The molecule has 5 nitrogen and oxygen atoms in total. The number of nitrogens with zero attached hydrogens (tertiary/aromatic N) is 2. The van der Waals surface area contributed by atoms with Gasteiger partial charge in [0.05, 0.1) is 4.90 Å². The Morgan fingerprint density at radius 3 is 2.12 bits per heavy atom. The third-order valence-corrected chi connectivity index (χ3v) is 5.93. The molecule has 0 aliphatic rings. The summed E-state index contributed by atoms with van der Waals surface area (Å²) in [6.07, 6.45) is 0. The van der Waals surface area contributed by atoms with Crippen LogP contribution in [0.5, 0.6) is 0 Å². The van der Waals surface area contributed by atoms with Crippen LogP contribution in [-0.4, -0.2) is 39.3 Å². The number of hydrogen-bond donors (Lipinski definition) is 0. The van der Waals surface area contributed by atoms with Crippen molar-refractivity contribution in [3.05, 3.63) is 59.2 Å². The van der Waals surface area contributed by atoms with Crippen molar-refractivity contribution < 1.29 is 13.2 Å². The van der Waals surface area contributed by atoms with E-state index in [0.717, 1.165) is 21.1 Å². The molecule has 0 spiro atoms. The summed E-state index contributed by atoms with van der Waals surface area (Å²) in [5.74, 6) is -0.148. The van der Waals surface area contributed by atoms with Gasteiger partial charge in [0.2, 0.25) is 10.0 Å². The number of carbonyl (C=O) groups is 1. The third-order valence-electron chi connectivity index (χ3n) is 4.10.